The smallest absolute Gasteiger partial charge is 0.162 e. The molecule has 2 unspecified atom stereocenters. The number of fused-ring (bicyclic) bond motifs is 3. The molecule has 2 atom stereocenters. The minimum absolute atomic E-state index is 0.125. The quantitative estimate of drug-likeness (QED) is 0.0333. The largest absolute Gasteiger partial charge is 0.493 e. The fourth-order valence-electron chi connectivity index (χ4n) is 10.2. The van der Waals surface area contributed by atoms with Crippen LogP contribution in [-0.4, -0.2) is 113 Å². The van der Waals surface area contributed by atoms with Crippen molar-refractivity contribution in [3.05, 3.63) is 154 Å². The zero-order valence-electron chi connectivity index (χ0n) is 48.4. The van der Waals surface area contributed by atoms with Crippen LogP contribution in [0.4, 0.5) is 0 Å². The molecule has 2 fully saturated rings. The molecule has 444 valence electrons. The van der Waals surface area contributed by atoms with Crippen molar-refractivity contribution in [1.82, 2.24) is 0 Å². The van der Waals surface area contributed by atoms with E-state index in [9.17, 15) is 5.11 Å². The monoisotopic (exact) mass is 1140 g/mol. The van der Waals surface area contributed by atoms with Crippen molar-refractivity contribution in [2.75, 3.05) is 95.0 Å². The van der Waals surface area contributed by atoms with Crippen molar-refractivity contribution in [1.29, 1.82) is 0 Å². The molecule has 6 aromatic rings. The average molecular weight is 1140 g/mol. The first-order valence-electron chi connectivity index (χ1n) is 28.4. The van der Waals surface area contributed by atoms with Crippen molar-refractivity contribution in [3.8, 4) is 69.0 Å². The number of ether oxygens (including phenoxy) is 16. The summed E-state index contributed by atoms with van der Waals surface area (Å²) in [7, 11) is 8.17. The van der Waals surface area contributed by atoms with Crippen molar-refractivity contribution >= 4 is 0 Å². The number of methoxy groups -OCH3 is 5. The SMILES string of the molecule is C=CCOc1cc(CO)ccc1OCCOc1cc2c(cc1OC)Cc1cc(OCCOc3ccc(COC4CCCCO4)cc3OC)c(OC)cc1Cc1cc(OCCOc3ccc(COC4CCCCO4)cc3OC)c(OC)cc1C2. The molecule has 1 N–H and O–H groups in total. The van der Waals surface area contributed by atoms with E-state index in [1.54, 1.807) is 59.8 Å². The summed E-state index contributed by atoms with van der Waals surface area (Å²) in [5.74, 6) is 6.85. The van der Waals surface area contributed by atoms with Gasteiger partial charge >= 0.3 is 0 Å². The van der Waals surface area contributed by atoms with Crippen LogP contribution in [0.15, 0.2) is 104 Å². The molecule has 0 radical (unpaired) electrons. The molecule has 9 rings (SSSR count). The fraction of sp³-hybridized carbons (Fsp3) is 0.424. The van der Waals surface area contributed by atoms with Gasteiger partial charge in [-0.15, -0.1) is 0 Å². The maximum atomic E-state index is 9.74. The van der Waals surface area contributed by atoms with Gasteiger partial charge in [-0.2, -0.15) is 0 Å². The van der Waals surface area contributed by atoms with Gasteiger partial charge in [-0.3, -0.25) is 0 Å². The van der Waals surface area contributed by atoms with E-state index in [1.807, 2.05) is 54.6 Å². The summed E-state index contributed by atoms with van der Waals surface area (Å²) in [4.78, 5) is 0. The number of benzene rings is 6. The van der Waals surface area contributed by atoms with Gasteiger partial charge in [0.1, 0.15) is 46.2 Å². The third kappa shape index (κ3) is 16.4. The Morgan fingerprint density at radius 3 is 1.05 bits per heavy atom. The van der Waals surface area contributed by atoms with Gasteiger partial charge in [0.2, 0.25) is 0 Å². The van der Waals surface area contributed by atoms with Crippen molar-refractivity contribution in [2.24, 2.45) is 0 Å². The van der Waals surface area contributed by atoms with Gasteiger partial charge in [0.25, 0.3) is 0 Å². The van der Waals surface area contributed by atoms with Gasteiger partial charge in [0.15, 0.2) is 81.6 Å². The Labute approximate surface area is 487 Å². The Morgan fingerprint density at radius 1 is 0.398 bits per heavy atom. The molecule has 0 spiro atoms. The highest BCUT2D eigenvalue weighted by atomic mass is 16.7. The summed E-state index contributed by atoms with van der Waals surface area (Å²) in [6, 6.07) is 29.2. The van der Waals surface area contributed by atoms with Gasteiger partial charge in [-0.1, -0.05) is 30.9 Å². The van der Waals surface area contributed by atoms with Crippen LogP contribution in [0.5, 0.6) is 69.0 Å². The normalized spacial score (nSPS) is 15.6. The van der Waals surface area contributed by atoms with Gasteiger partial charge in [-0.05, 0) is 181 Å². The van der Waals surface area contributed by atoms with Gasteiger partial charge in [-0.25, -0.2) is 0 Å². The Bertz CT molecular complexity index is 2970. The molecule has 6 aromatic carbocycles. The van der Waals surface area contributed by atoms with E-state index in [1.165, 1.54) is 0 Å². The van der Waals surface area contributed by atoms with Crippen LogP contribution in [0.3, 0.4) is 0 Å². The van der Waals surface area contributed by atoms with Gasteiger partial charge < -0.3 is 80.9 Å². The van der Waals surface area contributed by atoms with E-state index in [0.29, 0.717) is 107 Å². The van der Waals surface area contributed by atoms with Crippen LogP contribution in [0.1, 0.15) is 88.6 Å². The second-order valence-corrected chi connectivity index (χ2v) is 20.2. The Hall–Kier alpha value is -7.54. The van der Waals surface area contributed by atoms with Crippen LogP contribution in [0.2, 0.25) is 0 Å². The molecule has 2 aliphatic heterocycles. The maximum Gasteiger partial charge on any atom is 0.162 e. The van der Waals surface area contributed by atoms with Crippen molar-refractivity contribution in [2.45, 2.75) is 90.2 Å². The Kier molecular flexibility index (Phi) is 22.2. The van der Waals surface area contributed by atoms with E-state index >= 15 is 0 Å². The van der Waals surface area contributed by atoms with Crippen LogP contribution in [0, 0.1) is 0 Å². The molecule has 17 heteroatoms. The van der Waals surface area contributed by atoms with Crippen LogP contribution in [-0.2, 0) is 58.0 Å². The lowest BCUT2D eigenvalue weighted by atomic mass is 9.94. The maximum absolute atomic E-state index is 9.74. The lowest BCUT2D eigenvalue weighted by Gasteiger charge is -2.22. The molecule has 3 aliphatic rings. The second kappa shape index (κ2) is 30.7. The number of aliphatic hydroxyl groups excluding tert-OH is 1. The van der Waals surface area contributed by atoms with Crippen LogP contribution < -0.4 is 56.8 Å². The summed E-state index contributed by atoms with van der Waals surface area (Å²) in [5.41, 5.74) is 8.81. The molecular weight excluding hydrogens is 1060 g/mol. The lowest BCUT2D eigenvalue weighted by molar-refractivity contribution is -0.169. The summed E-state index contributed by atoms with van der Waals surface area (Å²) in [5, 5.41) is 9.74. The van der Waals surface area contributed by atoms with E-state index in [4.69, 9.17) is 75.8 Å². The zero-order valence-corrected chi connectivity index (χ0v) is 48.4. The van der Waals surface area contributed by atoms with Crippen molar-refractivity contribution in [3.63, 3.8) is 0 Å². The molecule has 0 amide bonds. The number of hydrogen-bond donors (Lipinski definition) is 1. The first kappa shape index (κ1) is 60.1. The summed E-state index contributed by atoms with van der Waals surface area (Å²) in [6.45, 7) is 7.52. The average Bonchev–Trinajstić information content (AvgIpc) is 3.69. The van der Waals surface area contributed by atoms with E-state index in [0.717, 1.165) is 96.2 Å². The Morgan fingerprint density at radius 2 is 0.711 bits per heavy atom. The highest BCUT2D eigenvalue weighted by Crippen LogP contribution is 2.42. The molecule has 0 saturated carbocycles. The molecule has 83 heavy (non-hydrogen) atoms. The third-order valence-electron chi connectivity index (χ3n) is 14.5. The second-order valence-electron chi connectivity index (χ2n) is 20.2. The van der Waals surface area contributed by atoms with Crippen LogP contribution in [0.25, 0.3) is 0 Å². The standard InChI is InChI=1S/C66H78O17/c1-7-20-73-61-29-44(41-67)14-17-55(61)76-25-28-79-64-40-52-34-48-36-59(71-5)62(77-26-23-74-53-18-15-45(30-56(53)68-2)42-82-65-12-8-10-21-80-65)38-50(48)32-47-35-58(70-4)63(39-51(47)33-49(52)37-60(64)72-6)78-27-24-75-54-19-16-46(31-57(54)69-3)43-83-66-13-9-11-22-81-66/h7,14-19,29-31,35-40,65-67H,1,8-13,20-28,32-34,41-43H2,2-6H3. The molecule has 17 nitrogen and oxygen atoms in total. The third-order valence-corrected chi connectivity index (χ3v) is 14.5. The highest BCUT2D eigenvalue weighted by Gasteiger charge is 2.24. The molecule has 0 aromatic heterocycles. The highest BCUT2D eigenvalue weighted by molar-refractivity contribution is 5.58. The molecule has 0 bridgehead atoms. The molecule has 2 saturated heterocycles. The molecule has 1 aliphatic carbocycles. The predicted octanol–water partition coefficient (Wildman–Crippen LogP) is 11.3. The van der Waals surface area contributed by atoms with E-state index in [-0.39, 0.29) is 65.4 Å². The Balaban J connectivity index is 0.941. The zero-order chi connectivity index (χ0) is 57.8. The fourth-order valence-corrected chi connectivity index (χ4v) is 10.2. The summed E-state index contributed by atoms with van der Waals surface area (Å²) in [6.07, 6.45) is 9.00. The first-order chi connectivity index (χ1) is 40.8. The van der Waals surface area contributed by atoms with Crippen LogP contribution >= 0.6 is 0 Å². The molecular formula is C66H78O17. The summed E-state index contributed by atoms with van der Waals surface area (Å²) < 4.78 is 96.9. The van der Waals surface area contributed by atoms with E-state index < -0.39 is 0 Å². The van der Waals surface area contributed by atoms with Gasteiger partial charge in [0, 0.05) is 13.2 Å². The van der Waals surface area contributed by atoms with E-state index in [2.05, 4.69) is 24.8 Å². The first-order valence-corrected chi connectivity index (χ1v) is 28.4. The minimum atomic E-state index is -0.189. The minimum Gasteiger partial charge on any atom is -0.493 e. The summed E-state index contributed by atoms with van der Waals surface area (Å²) >= 11 is 0. The number of hydrogen-bond acceptors (Lipinski definition) is 17. The molecule has 2 heterocycles. The van der Waals surface area contributed by atoms with Gasteiger partial charge in [0.05, 0.1) is 55.4 Å². The number of rotatable bonds is 30. The topological polar surface area (TPSA) is 168 Å². The number of aliphatic hydroxyl groups is 1. The lowest BCUT2D eigenvalue weighted by Crippen LogP contribution is -2.22. The van der Waals surface area contributed by atoms with Crippen molar-refractivity contribution < 1.29 is 80.9 Å². The predicted molar refractivity (Wildman–Crippen MR) is 311 cm³/mol.